The van der Waals surface area contributed by atoms with Crippen molar-refractivity contribution in [2.24, 2.45) is 0 Å². The number of hydrogen-bond donors (Lipinski definition) is 1. The Kier molecular flexibility index (Phi) is 7.98. The molecule has 0 bridgehead atoms. The first-order valence-electron chi connectivity index (χ1n) is 11.6. The molecular formula is C28H30N2O4S. The highest BCUT2D eigenvalue weighted by molar-refractivity contribution is 7.99. The molecule has 0 spiro atoms. The number of carbonyl (C=O) groups is 2. The molecule has 6 nitrogen and oxygen atoms in total. The van der Waals surface area contributed by atoms with Crippen LogP contribution in [0.4, 0.5) is 0 Å². The van der Waals surface area contributed by atoms with Gasteiger partial charge in [0.2, 0.25) is 5.91 Å². The Hall–Kier alpha value is -3.45. The molecule has 2 amide bonds. The maximum Gasteiger partial charge on any atom is 0.256 e. The van der Waals surface area contributed by atoms with Crippen molar-refractivity contribution in [1.29, 1.82) is 0 Å². The summed E-state index contributed by atoms with van der Waals surface area (Å²) in [6.45, 7) is 2.42. The quantitative estimate of drug-likeness (QED) is 0.499. The Morgan fingerprint density at radius 1 is 0.971 bits per heavy atom. The Balaban J connectivity index is 1.60. The van der Waals surface area contributed by atoms with Gasteiger partial charge in [-0.1, -0.05) is 54.6 Å². The number of methoxy groups -OCH3 is 2. The Morgan fingerprint density at radius 3 is 2.40 bits per heavy atom. The summed E-state index contributed by atoms with van der Waals surface area (Å²) in [5.41, 5.74) is 3.52. The summed E-state index contributed by atoms with van der Waals surface area (Å²) < 4.78 is 10.9. The van der Waals surface area contributed by atoms with E-state index in [4.69, 9.17) is 9.47 Å². The van der Waals surface area contributed by atoms with Gasteiger partial charge in [-0.05, 0) is 48.2 Å². The Bertz CT molecular complexity index is 1180. The van der Waals surface area contributed by atoms with Crippen LogP contribution in [0.15, 0.2) is 72.8 Å². The van der Waals surface area contributed by atoms with Gasteiger partial charge in [0, 0.05) is 17.9 Å². The highest BCUT2D eigenvalue weighted by Crippen LogP contribution is 2.44. The number of aryl methyl sites for hydroxylation is 1. The fourth-order valence-electron chi connectivity index (χ4n) is 4.26. The molecule has 2 atom stereocenters. The summed E-state index contributed by atoms with van der Waals surface area (Å²) in [5, 5.41) is 2.72. The molecule has 2 unspecified atom stereocenters. The van der Waals surface area contributed by atoms with Gasteiger partial charge >= 0.3 is 0 Å². The van der Waals surface area contributed by atoms with Crippen LogP contribution in [-0.4, -0.2) is 49.3 Å². The van der Waals surface area contributed by atoms with Crippen LogP contribution < -0.4 is 14.8 Å². The number of amides is 2. The molecule has 1 saturated heterocycles. The first-order chi connectivity index (χ1) is 17.0. The first kappa shape index (κ1) is 24.7. The van der Waals surface area contributed by atoms with E-state index in [1.54, 1.807) is 30.9 Å². The highest BCUT2D eigenvalue weighted by atomic mass is 32.2. The van der Waals surface area contributed by atoms with E-state index in [0.29, 0.717) is 29.4 Å². The average molecular weight is 491 g/mol. The first-order valence-corrected chi connectivity index (χ1v) is 12.6. The van der Waals surface area contributed by atoms with E-state index >= 15 is 0 Å². The lowest BCUT2D eigenvalue weighted by Gasteiger charge is -2.30. The fraction of sp³-hybridized carbons (Fsp3) is 0.286. The predicted molar refractivity (Wildman–Crippen MR) is 139 cm³/mol. The summed E-state index contributed by atoms with van der Waals surface area (Å²) in [6.07, 6.45) is 0.733. The molecule has 1 N–H and O–H groups in total. The molecule has 4 rings (SSSR count). The third-order valence-corrected chi connectivity index (χ3v) is 7.48. The highest BCUT2D eigenvalue weighted by Gasteiger charge is 2.43. The fourth-order valence-corrected chi connectivity index (χ4v) is 5.68. The van der Waals surface area contributed by atoms with Crippen molar-refractivity contribution in [1.82, 2.24) is 10.2 Å². The monoisotopic (exact) mass is 490 g/mol. The molecular weight excluding hydrogens is 460 g/mol. The van der Waals surface area contributed by atoms with Crippen LogP contribution in [-0.2, 0) is 11.2 Å². The van der Waals surface area contributed by atoms with Crippen molar-refractivity contribution in [2.75, 3.05) is 26.5 Å². The molecule has 0 saturated carbocycles. The number of ether oxygens (including phenoxy) is 2. The van der Waals surface area contributed by atoms with Crippen LogP contribution in [0.3, 0.4) is 0 Å². The molecule has 7 heteroatoms. The zero-order valence-electron chi connectivity index (χ0n) is 20.2. The average Bonchev–Trinajstić information content (AvgIpc) is 3.34. The third kappa shape index (κ3) is 5.46. The number of thioether (sulfide) groups is 1. The van der Waals surface area contributed by atoms with E-state index in [1.165, 1.54) is 0 Å². The van der Waals surface area contributed by atoms with Gasteiger partial charge in [0.05, 0.1) is 14.2 Å². The van der Waals surface area contributed by atoms with Gasteiger partial charge < -0.3 is 19.7 Å². The zero-order valence-corrected chi connectivity index (χ0v) is 21.0. The standard InChI is InChI=1S/C28H30N2O4S/c1-19-9-7-8-12-22(19)27(32)30-23(26(31)29-16-15-20-10-5-4-6-11-20)18-35-28(30)21-13-14-24(33-2)25(17-21)34-3/h4-14,17,23,28H,15-16,18H2,1-3H3,(H,29,31). The summed E-state index contributed by atoms with van der Waals surface area (Å²) >= 11 is 1.58. The lowest BCUT2D eigenvalue weighted by atomic mass is 10.1. The van der Waals surface area contributed by atoms with Crippen molar-refractivity contribution >= 4 is 23.6 Å². The maximum atomic E-state index is 13.8. The van der Waals surface area contributed by atoms with Crippen molar-refractivity contribution in [2.45, 2.75) is 24.8 Å². The minimum atomic E-state index is -0.582. The van der Waals surface area contributed by atoms with Crippen molar-refractivity contribution < 1.29 is 19.1 Å². The molecule has 0 aliphatic carbocycles. The normalized spacial score (nSPS) is 17.2. The maximum absolute atomic E-state index is 13.8. The topological polar surface area (TPSA) is 67.9 Å². The van der Waals surface area contributed by atoms with Gasteiger partial charge in [-0.15, -0.1) is 11.8 Å². The van der Waals surface area contributed by atoms with Crippen molar-refractivity contribution in [3.63, 3.8) is 0 Å². The largest absolute Gasteiger partial charge is 0.493 e. The van der Waals surface area contributed by atoms with E-state index in [0.717, 1.165) is 23.1 Å². The number of rotatable bonds is 8. The summed E-state index contributed by atoms with van der Waals surface area (Å²) in [6, 6.07) is 22.6. The van der Waals surface area contributed by atoms with E-state index < -0.39 is 6.04 Å². The van der Waals surface area contributed by atoms with Crippen LogP contribution >= 0.6 is 11.8 Å². The molecule has 1 fully saturated rings. The number of nitrogens with zero attached hydrogens (tertiary/aromatic N) is 1. The Morgan fingerprint density at radius 2 is 1.69 bits per heavy atom. The molecule has 1 aliphatic rings. The summed E-state index contributed by atoms with van der Waals surface area (Å²) in [5.74, 6) is 1.42. The van der Waals surface area contributed by atoms with Gasteiger partial charge in [0.15, 0.2) is 11.5 Å². The van der Waals surface area contributed by atoms with Gasteiger partial charge in [0.1, 0.15) is 11.4 Å². The van der Waals surface area contributed by atoms with Gasteiger partial charge in [-0.2, -0.15) is 0 Å². The molecule has 182 valence electrons. The molecule has 0 aromatic heterocycles. The second-order valence-electron chi connectivity index (χ2n) is 8.37. The van der Waals surface area contributed by atoms with Crippen LogP contribution in [0.2, 0.25) is 0 Å². The minimum Gasteiger partial charge on any atom is -0.493 e. The minimum absolute atomic E-state index is 0.140. The van der Waals surface area contributed by atoms with Crippen LogP contribution in [0.1, 0.15) is 32.4 Å². The van der Waals surface area contributed by atoms with E-state index in [1.807, 2.05) is 79.7 Å². The van der Waals surface area contributed by atoms with Crippen molar-refractivity contribution in [3.05, 3.63) is 95.1 Å². The molecule has 3 aromatic carbocycles. The smallest absolute Gasteiger partial charge is 0.256 e. The second-order valence-corrected chi connectivity index (χ2v) is 9.48. The van der Waals surface area contributed by atoms with Crippen LogP contribution in [0, 0.1) is 6.92 Å². The molecule has 0 radical (unpaired) electrons. The Labute approximate surface area is 210 Å². The second kappa shape index (κ2) is 11.3. The van der Waals surface area contributed by atoms with E-state index in [-0.39, 0.29) is 17.2 Å². The van der Waals surface area contributed by atoms with Crippen LogP contribution in [0.5, 0.6) is 11.5 Å². The molecule has 3 aromatic rings. The van der Waals surface area contributed by atoms with Crippen molar-refractivity contribution in [3.8, 4) is 11.5 Å². The number of hydrogen-bond acceptors (Lipinski definition) is 5. The van der Waals surface area contributed by atoms with Crippen LogP contribution in [0.25, 0.3) is 0 Å². The lowest BCUT2D eigenvalue weighted by molar-refractivity contribution is -0.124. The molecule has 1 heterocycles. The lowest BCUT2D eigenvalue weighted by Crippen LogP contribution is -2.48. The summed E-state index contributed by atoms with van der Waals surface area (Å²) in [4.78, 5) is 28.8. The van der Waals surface area contributed by atoms with Gasteiger partial charge in [-0.25, -0.2) is 0 Å². The van der Waals surface area contributed by atoms with E-state index in [9.17, 15) is 9.59 Å². The number of carbonyl (C=O) groups excluding carboxylic acids is 2. The molecule has 35 heavy (non-hydrogen) atoms. The van der Waals surface area contributed by atoms with Gasteiger partial charge in [0.25, 0.3) is 5.91 Å². The number of nitrogens with one attached hydrogen (secondary N) is 1. The SMILES string of the molecule is COc1ccc(C2SCC(C(=O)NCCc3ccccc3)N2C(=O)c2ccccc2C)cc1OC. The van der Waals surface area contributed by atoms with E-state index in [2.05, 4.69) is 5.32 Å². The molecule has 1 aliphatic heterocycles. The third-order valence-electron chi connectivity index (χ3n) is 6.16. The number of benzene rings is 3. The zero-order chi connectivity index (χ0) is 24.8. The summed E-state index contributed by atoms with van der Waals surface area (Å²) in [7, 11) is 3.17. The van der Waals surface area contributed by atoms with Gasteiger partial charge in [-0.3, -0.25) is 9.59 Å². The predicted octanol–water partition coefficient (Wildman–Crippen LogP) is 4.63.